The SMILES string of the molecule is CN=C(On1nnc2ccccc21)N(C)C. The maximum atomic E-state index is 5.50. The molecular formula is C10H13N5O. The minimum atomic E-state index is 0.468. The van der Waals surface area contributed by atoms with Gasteiger partial charge in [0.1, 0.15) is 11.0 Å². The molecule has 1 heterocycles. The van der Waals surface area contributed by atoms with Crippen LogP contribution in [0.4, 0.5) is 0 Å². The molecular weight excluding hydrogens is 206 g/mol. The van der Waals surface area contributed by atoms with Crippen molar-refractivity contribution in [3.8, 4) is 0 Å². The first-order chi connectivity index (χ1) is 7.72. The van der Waals surface area contributed by atoms with E-state index in [4.69, 9.17) is 4.84 Å². The van der Waals surface area contributed by atoms with Crippen molar-refractivity contribution in [3.05, 3.63) is 24.3 Å². The Morgan fingerprint density at radius 1 is 1.38 bits per heavy atom. The monoisotopic (exact) mass is 219 g/mol. The molecule has 0 spiro atoms. The molecule has 0 bridgehead atoms. The third kappa shape index (κ3) is 1.81. The van der Waals surface area contributed by atoms with Crippen molar-refractivity contribution in [1.82, 2.24) is 20.1 Å². The minimum Gasteiger partial charge on any atom is -0.331 e. The zero-order chi connectivity index (χ0) is 11.5. The standard InChI is InChI=1S/C10H13N5O/c1-11-10(14(2)3)16-15-9-7-5-4-6-8(9)12-13-15/h4-7H,1-3H3. The molecule has 0 N–H and O–H groups in total. The van der Waals surface area contributed by atoms with Gasteiger partial charge in [0.05, 0.1) is 0 Å². The highest BCUT2D eigenvalue weighted by molar-refractivity contribution is 5.76. The highest BCUT2D eigenvalue weighted by atomic mass is 16.7. The number of aromatic nitrogens is 3. The molecule has 0 fully saturated rings. The Balaban J connectivity index is 2.34. The normalized spacial score (nSPS) is 11.8. The third-order valence-corrected chi connectivity index (χ3v) is 2.06. The zero-order valence-corrected chi connectivity index (χ0v) is 9.45. The van der Waals surface area contributed by atoms with Crippen LogP contribution >= 0.6 is 0 Å². The van der Waals surface area contributed by atoms with Gasteiger partial charge in [0, 0.05) is 21.1 Å². The van der Waals surface area contributed by atoms with E-state index in [1.54, 1.807) is 11.9 Å². The van der Waals surface area contributed by atoms with E-state index in [1.807, 2.05) is 38.4 Å². The average Bonchev–Trinajstić information content (AvgIpc) is 2.69. The van der Waals surface area contributed by atoms with E-state index in [0.29, 0.717) is 6.02 Å². The van der Waals surface area contributed by atoms with Crippen LogP contribution in [0.1, 0.15) is 0 Å². The molecule has 2 rings (SSSR count). The van der Waals surface area contributed by atoms with E-state index < -0.39 is 0 Å². The molecule has 0 radical (unpaired) electrons. The summed E-state index contributed by atoms with van der Waals surface area (Å²) in [6.07, 6.45) is 0. The predicted molar refractivity (Wildman–Crippen MR) is 61.2 cm³/mol. The Bertz CT molecular complexity index is 517. The second kappa shape index (κ2) is 4.18. The van der Waals surface area contributed by atoms with Crippen LogP contribution in [0, 0.1) is 0 Å². The van der Waals surface area contributed by atoms with Gasteiger partial charge in [-0.3, -0.25) is 0 Å². The molecule has 16 heavy (non-hydrogen) atoms. The van der Waals surface area contributed by atoms with Gasteiger partial charge in [0.2, 0.25) is 0 Å². The maximum absolute atomic E-state index is 5.50. The summed E-state index contributed by atoms with van der Waals surface area (Å²) in [5.74, 6) is 0. The lowest BCUT2D eigenvalue weighted by molar-refractivity contribution is 0.194. The van der Waals surface area contributed by atoms with Gasteiger partial charge in [-0.25, -0.2) is 4.99 Å². The molecule has 0 atom stereocenters. The Labute approximate surface area is 93.1 Å². The molecule has 1 aromatic heterocycles. The van der Waals surface area contributed by atoms with E-state index in [9.17, 15) is 0 Å². The van der Waals surface area contributed by atoms with E-state index in [-0.39, 0.29) is 0 Å². The van der Waals surface area contributed by atoms with Crippen LogP contribution in [-0.4, -0.2) is 47.2 Å². The van der Waals surface area contributed by atoms with Gasteiger partial charge in [0.25, 0.3) is 0 Å². The number of hydrogen-bond acceptors (Lipinski definition) is 4. The topological polar surface area (TPSA) is 55.5 Å². The van der Waals surface area contributed by atoms with Gasteiger partial charge >= 0.3 is 6.02 Å². The summed E-state index contributed by atoms with van der Waals surface area (Å²) < 4.78 is 0. The molecule has 2 aromatic rings. The van der Waals surface area contributed by atoms with E-state index >= 15 is 0 Å². The molecule has 0 aliphatic heterocycles. The summed E-state index contributed by atoms with van der Waals surface area (Å²) in [5, 5.41) is 7.88. The number of amidine groups is 1. The number of nitrogens with zero attached hydrogens (tertiary/aromatic N) is 5. The predicted octanol–water partition coefficient (Wildman–Crippen LogP) is 0.407. The largest absolute Gasteiger partial charge is 0.331 e. The molecule has 84 valence electrons. The summed E-state index contributed by atoms with van der Waals surface area (Å²) in [7, 11) is 5.36. The van der Waals surface area contributed by atoms with Gasteiger partial charge in [-0.2, -0.15) is 0 Å². The first-order valence-electron chi connectivity index (χ1n) is 4.85. The van der Waals surface area contributed by atoms with Crippen LogP contribution in [0.5, 0.6) is 0 Å². The molecule has 0 aliphatic rings. The summed E-state index contributed by atoms with van der Waals surface area (Å²) in [6, 6.07) is 8.04. The van der Waals surface area contributed by atoms with Gasteiger partial charge in [-0.1, -0.05) is 17.0 Å². The highest BCUT2D eigenvalue weighted by Gasteiger charge is 2.08. The summed E-state index contributed by atoms with van der Waals surface area (Å²) in [5.41, 5.74) is 1.60. The highest BCUT2D eigenvalue weighted by Crippen LogP contribution is 2.08. The number of rotatable bonds is 1. The van der Waals surface area contributed by atoms with Crippen LogP contribution in [-0.2, 0) is 0 Å². The summed E-state index contributed by atoms with van der Waals surface area (Å²) >= 11 is 0. The van der Waals surface area contributed by atoms with Crippen LogP contribution in [0.25, 0.3) is 11.0 Å². The van der Waals surface area contributed by atoms with Crippen LogP contribution < -0.4 is 4.84 Å². The van der Waals surface area contributed by atoms with Crippen molar-refractivity contribution in [2.75, 3.05) is 21.1 Å². The first kappa shape index (κ1) is 10.4. The van der Waals surface area contributed by atoms with Gasteiger partial charge in [0.15, 0.2) is 0 Å². The molecule has 6 nitrogen and oxygen atoms in total. The number of fused-ring (bicyclic) bond motifs is 1. The quantitative estimate of drug-likeness (QED) is 0.515. The molecule has 1 aromatic carbocycles. The van der Waals surface area contributed by atoms with Crippen LogP contribution in [0.15, 0.2) is 29.3 Å². The average molecular weight is 219 g/mol. The smallest absolute Gasteiger partial charge is 0.316 e. The van der Waals surface area contributed by atoms with Crippen molar-refractivity contribution in [1.29, 1.82) is 0 Å². The van der Waals surface area contributed by atoms with Crippen LogP contribution in [0.3, 0.4) is 0 Å². The summed E-state index contributed by atoms with van der Waals surface area (Å²) in [4.78, 5) is 12.6. The van der Waals surface area contributed by atoms with Crippen molar-refractivity contribution in [2.45, 2.75) is 0 Å². The van der Waals surface area contributed by atoms with Gasteiger partial charge in [-0.15, -0.1) is 5.10 Å². The fourth-order valence-electron chi connectivity index (χ4n) is 1.31. The fraction of sp³-hybridized carbons (Fsp3) is 0.300. The van der Waals surface area contributed by atoms with Crippen molar-refractivity contribution >= 4 is 17.1 Å². The molecule has 0 saturated heterocycles. The number of benzene rings is 1. The number of aliphatic imine (C=N–C) groups is 1. The Hall–Kier alpha value is -2.11. The molecule has 0 unspecified atom stereocenters. The minimum absolute atomic E-state index is 0.468. The van der Waals surface area contributed by atoms with Crippen LogP contribution in [0.2, 0.25) is 0 Å². The third-order valence-electron chi connectivity index (χ3n) is 2.06. The van der Waals surface area contributed by atoms with E-state index in [1.165, 1.54) is 4.85 Å². The summed E-state index contributed by atoms with van der Waals surface area (Å²) in [6.45, 7) is 0. The van der Waals surface area contributed by atoms with Gasteiger partial charge in [-0.05, 0) is 17.3 Å². The maximum Gasteiger partial charge on any atom is 0.316 e. The number of hydrogen-bond donors (Lipinski definition) is 0. The Morgan fingerprint density at radius 3 is 2.81 bits per heavy atom. The second-order valence-electron chi connectivity index (χ2n) is 3.44. The first-order valence-corrected chi connectivity index (χ1v) is 4.85. The Morgan fingerprint density at radius 2 is 2.12 bits per heavy atom. The van der Waals surface area contributed by atoms with Crippen molar-refractivity contribution < 1.29 is 4.84 Å². The fourth-order valence-corrected chi connectivity index (χ4v) is 1.31. The zero-order valence-electron chi connectivity index (χ0n) is 9.45. The second-order valence-corrected chi connectivity index (χ2v) is 3.44. The lowest BCUT2D eigenvalue weighted by Gasteiger charge is -2.13. The molecule has 0 amide bonds. The number of para-hydroxylation sites is 1. The molecule has 6 heteroatoms. The lowest BCUT2D eigenvalue weighted by Crippen LogP contribution is -2.33. The molecule has 0 saturated carbocycles. The van der Waals surface area contributed by atoms with E-state index in [0.717, 1.165) is 11.0 Å². The van der Waals surface area contributed by atoms with Crippen molar-refractivity contribution in [2.24, 2.45) is 4.99 Å². The van der Waals surface area contributed by atoms with Crippen molar-refractivity contribution in [3.63, 3.8) is 0 Å². The Kier molecular flexibility index (Phi) is 2.72. The molecule has 0 aliphatic carbocycles. The van der Waals surface area contributed by atoms with Gasteiger partial charge < -0.3 is 9.74 Å². The lowest BCUT2D eigenvalue weighted by atomic mass is 10.3. The van der Waals surface area contributed by atoms with E-state index in [2.05, 4.69) is 15.3 Å².